The van der Waals surface area contributed by atoms with Crippen LogP contribution in [0.3, 0.4) is 0 Å². The van der Waals surface area contributed by atoms with Crippen molar-refractivity contribution in [3.8, 4) is 28.1 Å². The molecule has 4 aromatic heterocycles. The summed E-state index contributed by atoms with van der Waals surface area (Å²) in [6.07, 6.45) is 1.82. The summed E-state index contributed by atoms with van der Waals surface area (Å²) in [6, 6.07) is 64.7. The van der Waals surface area contributed by atoms with Crippen LogP contribution in [0.2, 0.25) is 0 Å². The van der Waals surface area contributed by atoms with Gasteiger partial charge in [-0.3, -0.25) is 9.37 Å². The average molecular weight is 1330 g/mol. The van der Waals surface area contributed by atoms with Crippen LogP contribution in [0.5, 0.6) is 0 Å². The van der Waals surface area contributed by atoms with Crippen LogP contribution in [0.25, 0.3) is 88.2 Å². The SMILES string of the molecule is CC(C)(C)c1ccc2c(c1)Sc1cc(C(C)(C)C)cc3c1N2c1cc(-c2ccc4c5ccc[c-]c5c5nc6ccccc6n5c4c2)cc2c1B3c1cc(C(C)(C)C)cc3c4cc(C(C)(C)C)ccc4n-2c13.Cc1cnc(-c2[c-]cc(F)cc2)cc1C.[Ir]. The maximum absolute atomic E-state index is 12.7. The summed E-state index contributed by atoms with van der Waals surface area (Å²) in [6.45, 7) is 32.3. The minimum absolute atomic E-state index is 0. The van der Waals surface area contributed by atoms with Crippen molar-refractivity contribution < 1.29 is 24.5 Å². The van der Waals surface area contributed by atoms with Crippen molar-refractivity contribution >= 4 is 112 Å². The van der Waals surface area contributed by atoms with Crippen LogP contribution in [0.1, 0.15) is 116 Å². The smallest absolute Gasteiger partial charge is 0.252 e. The van der Waals surface area contributed by atoms with Gasteiger partial charge < -0.3 is 18.9 Å². The predicted molar refractivity (Wildman–Crippen MR) is 363 cm³/mol. The zero-order valence-corrected chi connectivity index (χ0v) is 55.2. The molecule has 5 nitrogen and oxygen atoms in total. The topological polar surface area (TPSA) is 38.4 Å². The summed E-state index contributed by atoms with van der Waals surface area (Å²) < 4.78 is 17.7. The van der Waals surface area contributed by atoms with Crippen molar-refractivity contribution in [1.29, 1.82) is 0 Å². The first-order valence-electron chi connectivity index (χ1n) is 30.3. The van der Waals surface area contributed by atoms with Crippen LogP contribution in [-0.4, -0.2) is 25.6 Å². The normalized spacial score (nSPS) is 13.5. The molecule has 0 N–H and O–H groups in total. The fourth-order valence-corrected chi connectivity index (χ4v) is 14.7. The summed E-state index contributed by atoms with van der Waals surface area (Å²) in [4.78, 5) is 14.8. The van der Waals surface area contributed by atoms with Gasteiger partial charge in [-0.25, -0.2) is 0 Å². The second-order valence-electron chi connectivity index (χ2n) is 28.4. The summed E-state index contributed by atoms with van der Waals surface area (Å²) in [5.41, 5.74) is 27.7. The van der Waals surface area contributed by atoms with Gasteiger partial charge in [-0.2, -0.15) is 0 Å². The maximum Gasteiger partial charge on any atom is 0.252 e. The molecule has 0 saturated heterocycles. The number of aryl methyl sites for hydroxylation is 2. The van der Waals surface area contributed by atoms with Gasteiger partial charge in [0.05, 0.1) is 33.6 Å². The molecule has 0 saturated carbocycles. The van der Waals surface area contributed by atoms with Gasteiger partial charge in [0.15, 0.2) is 0 Å². The number of hydrogen-bond donors (Lipinski definition) is 0. The Morgan fingerprint density at radius 1 is 0.529 bits per heavy atom. The summed E-state index contributed by atoms with van der Waals surface area (Å²) in [5.74, 6) is -0.275. The number of nitrogens with zero attached hydrogens (tertiary/aromatic N) is 5. The Kier molecular flexibility index (Phi) is 13.0. The number of fused-ring (bicyclic) bond motifs is 17. The molecule has 3 aliphatic heterocycles. The number of imidazole rings is 1. The van der Waals surface area contributed by atoms with E-state index in [0.29, 0.717) is 0 Å². The van der Waals surface area contributed by atoms with Gasteiger partial charge in [0, 0.05) is 75.1 Å². The second kappa shape index (κ2) is 19.9. The number of anilines is 3. The number of hydrogen-bond acceptors (Lipinski definition) is 4. The molecule has 9 aromatic carbocycles. The zero-order chi connectivity index (χ0) is 59.8. The van der Waals surface area contributed by atoms with E-state index in [1.807, 2.05) is 43.9 Å². The molecule has 13 aromatic rings. The first kappa shape index (κ1) is 57.0. The van der Waals surface area contributed by atoms with E-state index < -0.39 is 0 Å². The number of aromatic nitrogens is 4. The van der Waals surface area contributed by atoms with Crippen molar-refractivity contribution in [3.05, 3.63) is 215 Å². The van der Waals surface area contributed by atoms with Gasteiger partial charge >= 0.3 is 0 Å². The maximum atomic E-state index is 12.7. The van der Waals surface area contributed by atoms with Crippen LogP contribution < -0.4 is 21.3 Å². The van der Waals surface area contributed by atoms with Gasteiger partial charge in [-0.15, -0.1) is 59.5 Å². The summed E-state index contributed by atoms with van der Waals surface area (Å²) in [5, 5.41) is 6.06. The predicted octanol–water partition coefficient (Wildman–Crippen LogP) is 18.9. The molecule has 0 fully saturated rings. The first-order chi connectivity index (χ1) is 40.9. The van der Waals surface area contributed by atoms with E-state index >= 15 is 0 Å². The molecule has 433 valence electrons. The summed E-state index contributed by atoms with van der Waals surface area (Å²) in [7, 11) is 0. The fourth-order valence-electron chi connectivity index (χ4n) is 13.6. The van der Waals surface area contributed by atoms with Crippen molar-refractivity contribution in [3.63, 3.8) is 0 Å². The van der Waals surface area contributed by atoms with Gasteiger partial charge in [-0.05, 0) is 169 Å². The monoisotopic (exact) mass is 1330 g/mol. The van der Waals surface area contributed by atoms with E-state index in [4.69, 9.17) is 4.98 Å². The first-order valence-corrected chi connectivity index (χ1v) is 31.1. The largest absolute Gasteiger partial charge is 0.333 e. The van der Waals surface area contributed by atoms with Crippen molar-refractivity contribution in [1.82, 2.24) is 18.9 Å². The number of halogens is 1. The fraction of sp³-hybridized carbons (Fsp3) is 0.231. The van der Waals surface area contributed by atoms with Gasteiger partial charge in [-0.1, -0.05) is 160 Å². The van der Waals surface area contributed by atoms with Crippen molar-refractivity contribution in [2.24, 2.45) is 0 Å². The third kappa shape index (κ3) is 9.03. The molecule has 7 heterocycles. The van der Waals surface area contributed by atoms with Gasteiger partial charge in [0.1, 0.15) is 0 Å². The molecule has 0 aliphatic carbocycles. The minimum atomic E-state index is -0.275. The third-order valence-corrected chi connectivity index (χ3v) is 19.6. The molecule has 0 amide bonds. The number of benzene rings is 9. The standard InChI is InChI=1S/C65H58BN4S.C13H11FN.Ir/c1-62(2,3)38-22-25-50-45(30-38)46-31-40(64(7,8)9)32-47-59(46)68(50)54-28-37(36-21-24-43-42-17-13-14-18-44(42)61-67-49-19-15-16-20-51(49)70(61)53(43)27-36)29-55-58(54)66(47)48-33-41(65(10,11)12)35-57-60(48)69(55)52-26-23-39(63(4,5)6)34-56(52)71-57;1-9-7-13(15-8-10(9)2)11-3-5-12(14)6-4-11;/h13-17,19-35H,1-12H3;3,5-8H,1-2H3;/q2*-1;. The molecule has 9 heteroatoms. The van der Waals surface area contributed by atoms with E-state index in [1.54, 1.807) is 6.07 Å². The average Bonchev–Trinajstić information content (AvgIpc) is 1.67. The molecule has 1 radical (unpaired) electrons. The molecule has 0 bridgehead atoms. The Labute approximate surface area is 528 Å². The van der Waals surface area contributed by atoms with Crippen LogP contribution in [0.4, 0.5) is 21.5 Å². The molecular formula is C78H69BFIrN5S-2. The molecule has 0 spiro atoms. The van der Waals surface area contributed by atoms with Crippen molar-refractivity contribution in [2.45, 2.75) is 128 Å². The second-order valence-corrected chi connectivity index (χ2v) is 29.5. The molecular weight excluding hydrogens is 1260 g/mol. The Hall–Kier alpha value is -7.81. The Balaban J connectivity index is 0.000000365. The molecule has 3 aliphatic rings. The van der Waals surface area contributed by atoms with E-state index in [-0.39, 0.29) is 54.3 Å². The van der Waals surface area contributed by atoms with Crippen LogP contribution in [0, 0.1) is 31.8 Å². The van der Waals surface area contributed by atoms with E-state index in [2.05, 4.69) is 241 Å². The van der Waals surface area contributed by atoms with E-state index in [1.165, 1.54) is 127 Å². The molecule has 87 heavy (non-hydrogen) atoms. The quantitative estimate of drug-likeness (QED) is 0.0982. The van der Waals surface area contributed by atoms with Crippen LogP contribution in [0.15, 0.2) is 174 Å². The van der Waals surface area contributed by atoms with Crippen LogP contribution >= 0.6 is 11.8 Å². The molecule has 16 rings (SSSR count). The van der Waals surface area contributed by atoms with Gasteiger partial charge in [0.2, 0.25) is 0 Å². The molecule has 0 unspecified atom stereocenters. The van der Waals surface area contributed by atoms with E-state index in [0.717, 1.165) is 49.8 Å². The summed E-state index contributed by atoms with van der Waals surface area (Å²) >= 11 is 1.96. The zero-order valence-electron chi connectivity index (χ0n) is 52.0. The Morgan fingerprint density at radius 3 is 1.95 bits per heavy atom. The number of pyridine rings is 2. The van der Waals surface area contributed by atoms with Crippen LogP contribution in [-0.2, 0) is 41.8 Å². The third-order valence-electron chi connectivity index (χ3n) is 18.6. The van der Waals surface area contributed by atoms with Gasteiger partial charge in [0.25, 0.3) is 6.71 Å². The Bertz CT molecular complexity index is 5060. The van der Waals surface area contributed by atoms with E-state index in [9.17, 15) is 4.39 Å². The number of rotatable bonds is 2. The number of para-hydroxylation sites is 2. The molecule has 0 atom stereocenters. The minimum Gasteiger partial charge on any atom is -0.333 e. The Morgan fingerprint density at radius 2 is 1.22 bits per heavy atom. The van der Waals surface area contributed by atoms with Crippen molar-refractivity contribution in [2.75, 3.05) is 4.90 Å².